The Balaban J connectivity index is 1.91. The highest BCUT2D eigenvalue weighted by molar-refractivity contribution is 5.90. The average Bonchev–Trinajstić information content (AvgIpc) is 2.90. The summed E-state index contributed by atoms with van der Waals surface area (Å²) in [6, 6.07) is 5.06. The minimum Gasteiger partial charge on any atom is -0.338 e. The zero-order valence-electron chi connectivity index (χ0n) is 14.2. The zero-order chi connectivity index (χ0) is 17.9. The molecule has 5 nitrogen and oxygen atoms in total. The summed E-state index contributed by atoms with van der Waals surface area (Å²) in [5.74, 6) is -1.30. The van der Waals surface area contributed by atoms with Gasteiger partial charge in [-0.15, -0.1) is 0 Å². The molecule has 0 aliphatic carbocycles. The molecule has 0 aliphatic rings. The molecule has 0 atom stereocenters. The van der Waals surface area contributed by atoms with Gasteiger partial charge in [0.1, 0.15) is 11.6 Å². The summed E-state index contributed by atoms with van der Waals surface area (Å²) in [7, 11) is 1.67. The molecule has 130 valence electrons. The number of hydrogen-bond acceptors (Lipinski definition) is 4. The Bertz CT molecular complexity index is 723. The largest absolute Gasteiger partial charge is 0.338 e. The van der Waals surface area contributed by atoms with Gasteiger partial charge in [-0.05, 0) is 13.1 Å². The number of aromatic nitrogens is 1. The lowest BCUT2D eigenvalue weighted by molar-refractivity contribution is -0.117. The second kappa shape index (κ2) is 7.09. The lowest BCUT2D eigenvalue weighted by atomic mass is 9.92. The Hall–Kier alpha value is -2.28. The Labute approximate surface area is 139 Å². The predicted molar refractivity (Wildman–Crippen MR) is 86.5 cm³/mol. The van der Waals surface area contributed by atoms with Crippen LogP contribution in [-0.4, -0.2) is 29.6 Å². The van der Waals surface area contributed by atoms with E-state index in [2.05, 4.69) is 10.5 Å². The van der Waals surface area contributed by atoms with Crippen LogP contribution in [0.25, 0.3) is 0 Å². The number of anilines is 1. The van der Waals surface area contributed by atoms with Crippen LogP contribution < -0.4 is 5.32 Å². The third-order valence-corrected chi connectivity index (χ3v) is 3.41. The number of nitrogens with one attached hydrogen (secondary N) is 1. The topological polar surface area (TPSA) is 58.4 Å². The summed E-state index contributed by atoms with van der Waals surface area (Å²) in [6.45, 7) is 6.18. The quantitative estimate of drug-likeness (QED) is 0.909. The first-order valence-corrected chi connectivity index (χ1v) is 7.54. The molecule has 0 unspecified atom stereocenters. The first-order valence-electron chi connectivity index (χ1n) is 7.54. The third kappa shape index (κ3) is 4.86. The molecule has 24 heavy (non-hydrogen) atoms. The first-order chi connectivity index (χ1) is 11.1. The van der Waals surface area contributed by atoms with Crippen molar-refractivity contribution >= 4 is 11.8 Å². The molecule has 2 rings (SSSR count). The highest BCUT2D eigenvalue weighted by atomic mass is 19.1. The van der Waals surface area contributed by atoms with Crippen LogP contribution in [0, 0.1) is 11.6 Å². The van der Waals surface area contributed by atoms with E-state index >= 15 is 0 Å². The molecule has 0 fully saturated rings. The molecule has 0 aliphatic heterocycles. The summed E-state index contributed by atoms with van der Waals surface area (Å²) in [4.78, 5) is 13.6. The highest BCUT2D eigenvalue weighted by Gasteiger charge is 2.20. The second-order valence-electron chi connectivity index (χ2n) is 6.78. The van der Waals surface area contributed by atoms with Gasteiger partial charge < -0.3 is 4.52 Å². The number of carbonyl (C=O) groups is 1. The molecule has 1 N–H and O–H groups in total. The fraction of sp³-hybridized carbons (Fsp3) is 0.412. The maximum absolute atomic E-state index is 13.6. The molecule has 0 saturated heterocycles. The van der Waals surface area contributed by atoms with Crippen LogP contribution in [0.5, 0.6) is 0 Å². The monoisotopic (exact) mass is 337 g/mol. The normalized spacial score (nSPS) is 11.8. The summed E-state index contributed by atoms with van der Waals surface area (Å²) in [5.41, 5.74) is 0.879. The molecular weight excluding hydrogens is 316 g/mol. The van der Waals surface area contributed by atoms with Crippen molar-refractivity contribution in [2.45, 2.75) is 32.7 Å². The second-order valence-corrected chi connectivity index (χ2v) is 6.78. The van der Waals surface area contributed by atoms with Crippen molar-refractivity contribution in [3.8, 4) is 0 Å². The van der Waals surface area contributed by atoms with Gasteiger partial charge in [0.25, 0.3) is 0 Å². The number of carbonyl (C=O) groups excluding carboxylic acids is 1. The summed E-state index contributed by atoms with van der Waals surface area (Å²) in [5, 5.41) is 6.53. The Morgan fingerprint density at radius 3 is 2.58 bits per heavy atom. The number of nitrogens with zero attached hydrogens (tertiary/aromatic N) is 2. The number of benzene rings is 1. The van der Waals surface area contributed by atoms with Crippen molar-refractivity contribution in [1.82, 2.24) is 10.1 Å². The SMILES string of the molecule is CN(CC(=O)Nc1cc(C(C)(C)C)no1)Cc1ccc(F)cc1F. The lowest BCUT2D eigenvalue weighted by Crippen LogP contribution is -2.30. The average molecular weight is 337 g/mol. The van der Waals surface area contributed by atoms with E-state index in [0.29, 0.717) is 5.56 Å². The Kier molecular flexibility index (Phi) is 5.33. The van der Waals surface area contributed by atoms with Gasteiger partial charge in [-0.3, -0.25) is 15.0 Å². The molecular formula is C17H21F2N3O2. The highest BCUT2D eigenvalue weighted by Crippen LogP contribution is 2.23. The van der Waals surface area contributed by atoms with Crippen LogP contribution in [-0.2, 0) is 16.8 Å². The van der Waals surface area contributed by atoms with E-state index in [1.54, 1.807) is 18.0 Å². The van der Waals surface area contributed by atoms with Crippen molar-refractivity contribution in [2.24, 2.45) is 0 Å². The van der Waals surface area contributed by atoms with Gasteiger partial charge >= 0.3 is 0 Å². The van der Waals surface area contributed by atoms with E-state index in [1.165, 1.54) is 12.1 Å². The maximum Gasteiger partial charge on any atom is 0.240 e. The van der Waals surface area contributed by atoms with Gasteiger partial charge in [0, 0.05) is 29.7 Å². The first kappa shape index (κ1) is 18.1. The van der Waals surface area contributed by atoms with Crippen molar-refractivity contribution in [1.29, 1.82) is 0 Å². The minimum atomic E-state index is -0.632. The van der Waals surface area contributed by atoms with Crippen LogP contribution in [0.15, 0.2) is 28.8 Å². The van der Waals surface area contributed by atoms with Gasteiger partial charge in [-0.25, -0.2) is 8.78 Å². The molecule has 0 spiro atoms. The maximum atomic E-state index is 13.6. The molecule has 7 heteroatoms. The van der Waals surface area contributed by atoms with E-state index in [9.17, 15) is 13.6 Å². The van der Waals surface area contributed by atoms with Crippen molar-refractivity contribution in [2.75, 3.05) is 18.9 Å². The molecule has 1 amide bonds. The summed E-state index contributed by atoms with van der Waals surface area (Å²) >= 11 is 0. The van der Waals surface area contributed by atoms with Gasteiger partial charge in [-0.1, -0.05) is 32.0 Å². The van der Waals surface area contributed by atoms with Crippen molar-refractivity contribution < 1.29 is 18.1 Å². The number of rotatable bonds is 5. The Morgan fingerprint density at radius 1 is 1.29 bits per heavy atom. The van der Waals surface area contributed by atoms with Crippen LogP contribution in [0.2, 0.25) is 0 Å². The van der Waals surface area contributed by atoms with Crippen LogP contribution in [0.3, 0.4) is 0 Å². The smallest absolute Gasteiger partial charge is 0.240 e. The van der Waals surface area contributed by atoms with Gasteiger partial charge in [0.15, 0.2) is 0 Å². The minimum absolute atomic E-state index is 0.0301. The number of amides is 1. The molecule has 0 radical (unpaired) electrons. The lowest BCUT2D eigenvalue weighted by Gasteiger charge is -2.16. The molecule has 1 aromatic heterocycles. The molecule has 1 heterocycles. The number of halogens is 2. The van der Waals surface area contributed by atoms with Crippen molar-refractivity contribution in [3.63, 3.8) is 0 Å². The fourth-order valence-corrected chi connectivity index (χ4v) is 2.11. The third-order valence-electron chi connectivity index (χ3n) is 3.41. The summed E-state index contributed by atoms with van der Waals surface area (Å²) in [6.07, 6.45) is 0. The number of likely N-dealkylation sites (N-methyl/N-ethyl adjacent to an activating group) is 1. The van der Waals surface area contributed by atoms with E-state index < -0.39 is 11.6 Å². The molecule has 2 aromatic rings. The van der Waals surface area contributed by atoms with E-state index in [4.69, 9.17) is 4.52 Å². The zero-order valence-corrected chi connectivity index (χ0v) is 14.2. The Morgan fingerprint density at radius 2 is 2.00 bits per heavy atom. The van der Waals surface area contributed by atoms with Crippen LogP contribution in [0.4, 0.5) is 14.7 Å². The van der Waals surface area contributed by atoms with E-state index in [-0.39, 0.29) is 30.3 Å². The summed E-state index contributed by atoms with van der Waals surface area (Å²) < 4.78 is 31.6. The van der Waals surface area contributed by atoms with Gasteiger partial charge in [0.2, 0.25) is 11.8 Å². The standard InChI is InChI=1S/C17H21F2N3O2/c1-17(2,3)14-8-16(24-21-14)20-15(23)10-22(4)9-11-5-6-12(18)7-13(11)19/h5-8H,9-10H2,1-4H3,(H,20,23). The van der Waals surface area contributed by atoms with Crippen LogP contribution in [0.1, 0.15) is 32.0 Å². The van der Waals surface area contributed by atoms with Crippen LogP contribution >= 0.6 is 0 Å². The molecule has 1 aromatic carbocycles. The van der Waals surface area contributed by atoms with Gasteiger partial charge in [-0.2, -0.15) is 0 Å². The predicted octanol–water partition coefficient (Wildman–Crippen LogP) is 3.32. The fourth-order valence-electron chi connectivity index (χ4n) is 2.11. The van der Waals surface area contributed by atoms with E-state index in [0.717, 1.165) is 11.8 Å². The molecule has 0 saturated carbocycles. The van der Waals surface area contributed by atoms with Crippen molar-refractivity contribution in [3.05, 3.63) is 47.2 Å². The number of hydrogen-bond donors (Lipinski definition) is 1. The molecule has 0 bridgehead atoms. The van der Waals surface area contributed by atoms with E-state index in [1.807, 2.05) is 20.8 Å². The van der Waals surface area contributed by atoms with Gasteiger partial charge in [0.05, 0.1) is 12.2 Å².